The molecule has 1 fully saturated rings. The molecule has 0 bridgehead atoms. The van der Waals surface area contributed by atoms with Gasteiger partial charge >= 0.3 is 0 Å². The van der Waals surface area contributed by atoms with E-state index < -0.39 is 0 Å². The van der Waals surface area contributed by atoms with Crippen molar-refractivity contribution in [2.45, 2.75) is 25.8 Å². The highest BCUT2D eigenvalue weighted by atomic mass is 16.3. The molecular weight excluding hydrogens is 344 g/mol. The normalized spacial score (nSPS) is 16.3. The van der Waals surface area contributed by atoms with Crippen molar-refractivity contribution >= 4 is 16.8 Å². The number of nitriles is 1. The Morgan fingerprint density at radius 1 is 1.30 bits per heavy atom. The first-order valence-corrected chi connectivity index (χ1v) is 9.22. The number of rotatable bonds is 5. The summed E-state index contributed by atoms with van der Waals surface area (Å²) in [4.78, 5) is 30.7. The predicted molar refractivity (Wildman–Crippen MR) is 102 cm³/mol. The summed E-state index contributed by atoms with van der Waals surface area (Å²) in [6.45, 7) is 4.25. The maximum absolute atomic E-state index is 12.1. The molecule has 7 heteroatoms. The minimum Gasteiger partial charge on any atom is -0.394 e. The number of piperazine rings is 1. The maximum atomic E-state index is 12.1. The lowest BCUT2D eigenvalue weighted by molar-refractivity contribution is -0.132. The minimum absolute atomic E-state index is 0.0467. The summed E-state index contributed by atoms with van der Waals surface area (Å²) in [5, 5.41) is 19.6. The summed E-state index contributed by atoms with van der Waals surface area (Å²) < 4.78 is 0. The summed E-state index contributed by atoms with van der Waals surface area (Å²) in [6.07, 6.45) is 0.586. The molecular formula is C20H24N4O3. The minimum atomic E-state index is -0.197. The lowest BCUT2D eigenvalue weighted by Gasteiger charge is -2.38. The Morgan fingerprint density at radius 2 is 2.04 bits per heavy atom. The molecule has 7 nitrogen and oxygen atoms in total. The molecule has 27 heavy (non-hydrogen) atoms. The van der Waals surface area contributed by atoms with Gasteiger partial charge in [-0.1, -0.05) is 19.1 Å². The van der Waals surface area contributed by atoms with Crippen molar-refractivity contribution < 1.29 is 9.90 Å². The molecule has 1 aromatic heterocycles. The molecule has 1 amide bonds. The standard InChI is InChI=1S/C20H24N4O3/c1-2-14-11-15-3-4-16(12-17(15)22-20(14)27)18(13-25)23-7-9-24(10-8-23)19(26)5-6-21/h3-4,11-12,18,25H,2,5,7-10,13H2,1H3,(H,22,27). The second-order valence-electron chi connectivity index (χ2n) is 6.77. The van der Waals surface area contributed by atoms with Crippen molar-refractivity contribution in [1.29, 1.82) is 5.26 Å². The molecule has 1 saturated heterocycles. The van der Waals surface area contributed by atoms with Crippen LogP contribution in [-0.2, 0) is 11.2 Å². The third kappa shape index (κ3) is 4.02. The number of hydrogen-bond acceptors (Lipinski definition) is 5. The van der Waals surface area contributed by atoms with Gasteiger partial charge in [0.2, 0.25) is 5.91 Å². The number of carbonyl (C=O) groups excluding carboxylic acids is 1. The smallest absolute Gasteiger partial charge is 0.251 e. The molecule has 0 aliphatic carbocycles. The third-order valence-corrected chi connectivity index (χ3v) is 5.22. The van der Waals surface area contributed by atoms with Crippen molar-refractivity contribution in [2.75, 3.05) is 32.8 Å². The van der Waals surface area contributed by atoms with Gasteiger partial charge in [0.1, 0.15) is 6.42 Å². The summed E-state index contributed by atoms with van der Waals surface area (Å²) >= 11 is 0. The SMILES string of the molecule is CCc1cc2ccc(C(CO)N3CCN(C(=O)CC#N)CC3)cc2[nH]c1=O. The molecule has 1 unspecified atom stereocenters. The molecule has 1 aliphatic rings. The Hall–Kier alpha value is -2.69. The van der Waals surface area contributed by atoms with Gasteiger partial charge in [0.05, 0.1) is 18.7 Å². The number of H-pyrrole nitrogens is 1. The zero-order valence-corrected chi connectivity index (χ0v) is 15.4. The van der Waals surface area contributed by atoms with E-state index in [1.165, 1.54) is 0 Å². The maximum Gasteiger partial charge on any atom is 0.251 e. The first kappa shape index (κ1) is 19.1. The van der Waals surface area contributed by atoms with Crippen LogP contribution in [-0.4, -0.2) is 58.6 Å². The van der Waals surface area contributed by atoms with Crippen LogP contribution in [0.25, 0.3) is 10.9 Å². The Bertz CT molecular complexity index is 923. The van der Waals surface area contributed by atoms with Gasteiger partial charge in [0, 0.05) is 37.3 Å². The monoisotopic (exact) mass is 368 g/mol. The Morgan fingerprint density at radius 3 is 2.67 bits per heavy atom. The van der Waals surface area contributed by atoms with Crippen molar-refractivity contribution in [3.63, 3.8) is 0 Å². The second-order valence-corrected chi connectivity index (χ2v) is 6.77. The number of hydrogen-bond donors (Lipinski definition) is 2. The third-order valence-electron chi connectivity index (χ3n) is 5.22. The van der Waals surface area contributed by atoms with Gasteiger partial charge in [-0.15, -0.1) is 0 Å². The van der Waals surface area contributed by atoms with E-state index in [-0.39, 0.29) is 30.5 Å². The van der Waals surface area contributed by atoms with Crippen LogP contribution in [0.15, 0.2) is 29.1 Å². The fourth-order valence-corrected chi connectivity index (χ4v) is 3.63. The lowest BCUT2D eigenvalue weighted by atomic mass is 10.0. The van der Waals surface area contributed by atoms with Gasteiger partial charge in [0.25, 0.3) is 5.56 Å². The molecule has 0 spiro atoms. The van der Waals surface area contributed by atoms with Gasteiger partial charge in [-0.3, -0.25) is 14.5 Å². The quantitative estimate of drug-likeness (QED) is 0.825. The molecule has 0 saturated carbocycles. The van der Waals surface area contributed by atoms with Crippen molar-refractivity contribution in [3.8, 4) is 6.07 Å². The number of nitrogens with zero attached hydrogens (tertiary/aromatic N) is 3. The number of aromatic nitrogens is 1. The van der Waals surface area contributed by atoms with Crippen LogP contribution in [0.2, 0.25) is 0 Å². The fraction of sp³-hybridized carbons (Fsp3) is 0.450. The first-order valence-electron chi connectivity index (χ1n) is 9.22. The molecule has 2 heterocycles. The van der Waals surface area contributed by atoms with Gasteiger partial charge in [-0.2, -0.15) is 5.26 Å². The summed E-state index contributed by atoms with van der Waals surface area (Å²) in [5.41, 5.74) is 2.37. The van der Waals surface area contributed by atoms with Gasteiger partial charge < -0.3 is 15.0 Å². The van der Waals surface area contributed by atoms with Crippen LogP contribution < -0.4 is 5.56 Å². The lowest BCUT2D eigenvalue weighted by Crippen LogP contribution is -2.50. The number of aliphatic hydroxyl groups excluding tert-OH is 1. The van der Waals surface area contributed by atoms with E-state index in [0.717, 1.165) is 22.0 Å². The number of fused-ring (bicyclic) bond motifs is 1. The van der Waals surface area contributed by atoms with Crippen LogP contribution in [0.1, 0.15) is 30.5 Å². The number of amides is 1. The second kappa shape index (κ2) is 8.33. The summed E-state index contributed by atoms with van der Waals surface area (Å²) in [6, 6.07) is 9.47. The van der Waals surface area contributed by atoms with E-state index in [9.17, 15) is 14.7 Å². The van der Waals surface area contributed by atoms with Crippen molar-refractivity contribution in [1.82, 2.24) is 14.8 Å². The first-order chi connectivity index (χ1) is 13.1. The summed E-state index contributed by atoms with van der Waals surface area (Å²) in [7, 11) is 0. The Kier molecular flexibility index (Phi) is 5.89. The average Bonchev–Trinajstić information content (AvgIpc) is 2.68. The molecule has 142 valence electrons. The van der Waals surface area contributed by atoms with Crippen LogP contribution in [0.3, 0.4) is 0 Å². The fourth-order valence-electron chi connectivity index (χ4n) is 3.63. The van der Waals surface area contributed by atoms with E-state index in [2.05, 4.69) is 9.88 Å². The number of pyridine rings is 1. The molecule has 0 radical (unpaired) electrons. The van der Waals surface area contributed by atoms with E-state index in [1.54, 1.807) is 4.90 Å². The van der Waals surface area contributed by atoms with Crippen molar-refractivity contribution in [3.05, 3.63) is 45.7 Å². The van der Waals surface area contributed by atoms with Gasteiger partial charge in [-0.25, -0.2) is 0 Å². The van der Waals surface area contributed by atoms with Crippen LogP contribution in [0.5, 0.6) is 0 Å². The van der Waals surface area contributed by atoms with E-state index in [4.69, 9.17) is 5.26 Å². The Balaban J connectivity index is 1.79. The Labute approximate surface area is 157 Å². The highest BCUT2D eigenvalue weighted by Crippen LogP contribution is 2.25. The molecule has 2 N–H and O–H groups in total. The largest absolute Gasteiger partial charge is 0.394 e. The molecule has 1 atom stereocenters. The number of aliphatic hydroxyl groups is 1. The zero-order valence-electron chi connectivity index (χ0n) is 15.4. The highest BCUT2D eigenvalue weighted by Gasteiger charge is 2.26. The average molecular weight is 368 g/mol. The van der Waals surface area contributed by atoms with Gasteiger partial charge in [0.15, 0.2) is 0 Å². The molecule has 1 aromatic carbocycles. The van der Waals surface area contributed by atoms with Crippen LogP contribution in [0, 0.1) is 11.3 Å². The molecule has 2 aromatic rings. The predicted octanol–water partition coefficient (Wildman–Crippen LogP) is 1.18. The van der Waals surface area contributed by atoms with E-state index >= 15 is 0 Å². The number of benzene rings is 1. The summed E-state index contributed by atoms with van der Waals surface area (Å²) in [5.74, 6) is -0.146. The van der Waals surface area contributed by atoms with Gasteiger partial charge in [-0.05, 0) is 29.5 Å². The molecule has 3 rings (SSSR count). The number of aryl methyl sites for hydroxylation is 1. The number of nitrogens with one attached hydrogen (secondary N) is 1. The topological polar surface area (TPSA) is 100 Å². The van der Waals surface area contributed by atoms with Crippen LogP contribution >= 0.6 is 0 Å². The van der Waals surface area contributed by atoms with E-state index in [1.807, 2.05) is 37.3 Å². The zero-order chi connectivity index (χ0) is 19.4. The van der Waals surface area contributed by atoms with E-state index in [0.29, 0.717) is 32.6 Å². The highest BCUT2D eigenvalue weighted by molar-refractivity contribution is 5.80. The molecule has 1 aliphatic heterocycles. The number of carbonyl (C=O) groups is 1. The van der Waals surface area contributed by atoms with Crippen molar-refractivity contribution in [2.24, 2.45) is 0 Å². The van der Waals surface area contributed by atoms with Crippen LogP contribution in [0.4, 0.5) is 0 Å². The number of aromatic amines is 1.